The summed E-state index contributed by atoms with van der Waals surface area (Å²) >= 11 is 5.87. The minimum atomic E-state index is -0.694. The highest BCUT2D eigenvalue weighted by Gasteiger charge is 2.13. The number of benzene rings is 2. The van der Waals surface area contributed by atoms with Crippen LogP contribution in [0.2, 0.25) is 5.02 Å². The lowest BCUT2D eigenvalue weighted by molar-refractivity contribution is -0.119. The zero-order chi connectivity index (χ0) is 17.5. The number of methoxy groups -OCH3 is 1. The molecule has 1 amide bonds. The first-order valence-corrected chi connectivity index (χ1v) is 7.22. The minimum absolute atomic E-state index is 0.196. The smallest absolute Gasteiger partial charge is 0.338 e. The fourth-order valence-electron chi connectivity index (χ4n) is 1.89. The van der Waals surface area contributed by atoms with E-state index in [2.05, 4.69) is 5.32 Å². The van der Waals surface area contributed by atoms with E-state index in [0.29, 0.717) is 22.0 Å². The Morgan fingerprint density at radius 2 is 2.04 bits per heavy atom. The quantitative estimate of drug-likeness (QED) is 0.842. The second-order valence-electron chi connectivity index (χ2n) is 4.66. The summed E-state index contributed by atoms with van der Waals surface area (Å²) < 4.78 is 10.0. The Morgan fingerprint density at radius 3 is 2.75 bits per heavy atom. The van der Waals surface area contributed by atoms with Crippen LogP contribution in [-0.2, 0) is 9.53 Å². The van der Waals surface area contributed by atoms with Crippen molar-refractivity contribution in [3.63, 3.8) is 0 Å². The number of nitrogens with zero attached hydrogens (tertiary/aromatic N) is 1. The van der Waals surface area contributed by atoms with Gasteiger partial charge in [-0.05, 0) is 36.4 Å². The molecular weight excluding hydrogens is 332 g/mol. The fraction of sp³-hybridized carbons (Fsp3) is 0.118. The summed E-state index contributed by atoms with van der Waals surface area (Å²) in [6, 6.07) is 12.7. The molecule has 0 aromatic heterocycles. The van der Waals surface area contributed by atoms with Crippen molar-refractivity contribution < 1.29 is 19.1 Å². The number of halogens is 1. The average Bonchev–Trinajstić information content (AvgIpc) is 2.60. The number of ether oxygens (including phenoxy) is 2. The molecule has 6 nitrogen and oxygen atoms in total. The van der Waals surface area contributed by atoms with Gasteiger partial charge in [-0.1, -0.05) is 17.7 Å². The van der Waals surface area contributed by atoms with Gasteiger partial charge in [-0.3, -0.25) is 4.79 Å². The van der Waals surface area contributed by atoms with E-state index in [9.17, 15) is 9.59 Å². The second kappa shape index (κ2) is 7.99. The van der Waals surface area contributed by atoms with Crippen LogP contribution in [0.3, 0.4) is 0 Å². The van der Waals surface area contributed by atoms with Crippen molar-refractivity contribution >= 4 is 29.2 Å². The van der Waals surface area contributed by atoms with E-state index in [-0.39, 0.29) is 5.56 Å². The molecule has 1 N–H and O–H groups in total. The molecule has 2 aromatic rings. The van der Waals surface area contributed by atoms with Gasteiger partial charge in [-0.15, -0.1) is 0 Å². The molecule has 0 aliphatic heterocycles. The molecule has 0 aliphatic rings. The van der Waals surface area contributed by atoms with Crippen LogP contribution in [0.15, 0.2) is 42.5 Å². The Kier molecular flexibility index (Phi) is 5.77. The SMILES string of the molecule is COc1ccc(Cl)cc1NC(=O)COC(=O)c1cccc(C#N)c1. The van der Waals surface area contributed by atoms with Crippen LogP contribution in [0.5, 0.6) is 5.75 Å². The van der Waals surface area contributed by atoms with Gasteiger partial charge in [0, 0.05) is 5.02 Å². The number of rotatable bonds is 5. The zero-order valence-corrected chi connectivity index (χ0v) is 13.5. The number of nitrogens with one attached hydrogen (secondary N) is 1. The zero-order valence-electron chi connectivity index (χ0n) is 12.7. The van der Waals surface area contributed by atoms with E-state index in [1.165, 1.54) is 25.3 Å². The molecular formula is C17H13ClN2O4. The van der Waals surface area contributed by atoms with Crippen molar-refractivity contribution in [1.29, 1.82) is 5.26 Å². The van der Waals surface area contributed by atoms with Crippen molar-refractivity contribution in [3.05, 3.63) is 58.6 Å². The van der Waals surface area contributed by atoms with Crippen molar-refractivity contribution in [2.24, 2.45) is 0 Å². The Bertz CT molecular complexity index is 814. The van der Waals surface area contributed by atoms with Crippen molar-refractivity contribution in [2.45, 2.75) is 0 Å². The fourth-order valence-corrected chi connectivity index (χ4v) is 2.07. The summed E-state index contributed by atoms with van der Waals surface area (Å²) in [5.41, 5.74) is 0.900. The van der Waals surface area contributed by atoms with E-state index >= 15 is 0 Å². The molecule has 0 heterocycles. The highest BCUT2D eigenvalue weighted by Crippen LogP contribution is 2.27. The van der Waals surface area contributed by atoms with Gasteiger partial charge in [0.15, 0.2) is 6.61 Å². The maximum Gasteiger partial charge on any atom is 0.338 e. The largest absolute Gasteiger partial charge is 0.495 e. The lowest BCUT2D eigenvalue weighted by Crippen LogP contribution is -2.21. The standard InChI is InChI=1S/C17H13ClN2O4/c1-23-15-6-5-13(18)8-14(15)20-16(21)10-24-17(22)12-4-2-3-11(7-12)9-19/h2-8H,10H2,1H3,(H,20,21). The lowest BCUT2D eigenvalue weighted by atomic mass is 10.1. The summed E-state index contributed by atoms with van der Waals surface area (Å²) in [5, 5.41) is 11.8. The molecule has 0 radical (unpaired) electrons. The number of nitriles is 1. The summed E-state index contributed by atoms with van der Waals surface area (Å²) in [7, 11) is 1.46. The van der Waals surface area contributed by atoms with Crippen molar-refractivity contribution in [2.75, 3.05) is 19.0 Å². The average molecular weight is 345 g/mol. The monoisotopic (exact) mass is 344 g/mol. The van der Waals surface area contributed by atoms with Gasteiger partial charge in [0.05, 0.1) is 30.0 Å². The number of anilines is 1. The normalized spacial score (nSPS) is 9.71. The molecule has 0 atom stereocenters. The van der Waals surface area contributed by atoms with E-state index in [1.807, 2.05) is 6.07 Å². The van der Waals surface area contributed by atoms with E-state index in [1.54, 1.807) is 24.3 Å². The van der Waals surface area contributed by atoms with Crippen LogP contribution in [0, 0.1) is 11.3 Å². The number of amides is 1. The van der Waals surface area contributed by atoms with Gasteiger partial charge in [-0.25, -0.2) is 4.79 Å². The van der Waals surface area contributed by atoms with E-state index in [4.69, 9.17) is 26.3 Å². The highest BCUT2D eigenvalue weighted by atomic mass is 35.5. The second-order valence-corrected chi connectivity index (χ2v) is 5.10. The maximum atomic E-state index is 11.9. The molecule has 0 unspecified atom stereocenters. The Labute approximate surface area is 143 Å². The Morgan fingerprint density at radius 1 is 1.25 bits per heavy atom. The van der Waals surface area contributed by atoms with Crippen LogP contribution in [-0.4, -0.2) is 25.6 Å². The minimum Gasteiger partial charge on any atom is -0.495 e. The highest BCUT2D eigenvalue weighted by molar-refractivity contribution is 6.31. The summed E-state index contributed by atoms with van der Waals surface area (Å²) in [5.74, 6) is -0.804. The molecule has 0 spiro atoms. The number of hydrogen-bond acceptors (Lipinski definition) is 5. The van der Waals surface area contributed by atoms with Crippen LogP contribution in [0.1, 0.15) is 15.9 Å². The van der Waals surface area contributed by atoms with Crippen LogP contribution >= 0.6 is 11.6 Å². The summed E-state index contributed by atoms with van der Waals surface area (Å²) in [4.78, 5) is 23.8. The third-order valence-electron chi connectivity index (χ3n) is 3.00. The van der Waals surface area contributed by atoms with E-state index in [0.717, 1.165) is 0 Å². The Hall–Kier alpha value is -3.04. The van der Waals surface area contributed by atoms with Gasteiger partial charge < -0.3 is 14.8 Å². The van der Waals surface area contributed by atoms with Crippen LogP contribution < -0.4 is 10.1 Å². The molecule has 7 heteroatoms. The topological polar surface area (TPSA) is 88.4 Å². The molecule has 0 saturated carbocycles. The van der Waals surface area contributed by atoms with Gasteiger partial charge in [0.2, 0.25) is 0 Å². The first kappa shape index (κ1) is 17.3. The van der Waals surface area contributed by atoms with E-state index < -0.39 is 18.5 Å². The predicted molar refractivity (Wildman–Crippen MR) is 88.1 cm³/mol. The van der Waals surface area contributed by atoms with Gasteiger partial charge in [0.1, 0.15) is 5.75 Å². The van der Waals surface area contributed by atoms with Gasteiger partial charge in [-0.2, -0.15) is 5.26 Å². The number of carbonyl (C=O) groups is 2. The number of esters is 1. The molecule has 24 heavy (non-hydrogen) atoms. The number of hydrogen-bond donors (Lipinski definition) is 1. The summed E-state index contributed by atoms with van der Waals surface area (Å²) in [6.07, 6.45) is 0. The molecule has 122 valence electrons. The van der Waals surface area contributed by atoms with Crippen molar-refractivity contribution in [3.8, 4) is 11.8 Å². The Balaban J connectivity index is 1.97. The molecule has 0 bridgehead atoms. The third kappa shape index (κ3) is 4.48. The van der Waals surface area contributed by atoms with Crippen LogP contribution in [0.25, 0.3) is 0 Å². The predicted octanol–water partition coefficient (Wildman–Crippen LogP) is 3.02. The molecule has 2 rings (SSSR count). The molecule has 2 aromatic carbocycles. The first-order chi connectivity index (χ1) is 11.5. The number of carbonyl (C=O) groups excluding carboxylic acids is 2. The van der Waals surface area contributed by atoms with Gasteiger partial charge in [0.25, 0.3) is 5.91 Å². The molecule has 0 aliphatic carbocycles. The lowest BCUT2D eigenvalue weighted by Gasteiger charge is -2.11. The molecule has 0 fully saturated rings. The van der Waals surface area contributed by atoms with Crippen molar-refractivity contribution in [1.82, 2.24) is 0 Å². The first-order valence-electron chi connectivity index (χ1n) is 6.84. The molecule has 0 saturated heterocycles. The van der Waals surface area contributed by atoms with Crippen LogP contribution in [0.4, 0.5) is 5.69 Å². The maximum absolute atomic E-state index is 11.9. The third-order valence-corrected chi connectivity index (χ3v) is 3.23. The summed E-state index contributed by atoms with van der Waals surface area (Å²) in [6.45, 7) is -0.481. The van der Waals surface area contributed by atoms with Gasteiger partial charge >= 0.3 is 5.97 Å².